The molecular weight excluding hydrogens is 693 g/mol. The van der Waals surface area contributed by atoms with Gasteiger partial charge in [0.2, 0.25) is 11.7 Å². The Morgan fingerprint density at radius 3 is 2.33 bits per heavy atom. The van der Waals surface area contributed by atoms with Crippen molar-refractivity contribution in [3.63, 3.8) is 0 Å². The van der Waals surface area contributed by atoms with E-state index in [1.807, 2.05) is 0 Å². The van der Waals surface area contributed by atoms with Gasteiger partial charge in [-0.25, -0.2) is 14.4 Å². The number of aryl methyl sites for hydroxylation is 2. The number of piperazine rings is 1. The number of anilines is 2. The third-order valence-corrected chi connectivity index (χ3v) is 9.38. The lowest BCUT2D eigenvalue weighted by molar-refractivity contribution is -0.142. The highest BCUT2D eigenvalue weighted by Crippen LogP contribution is 2.43. The molecule has 258 valence electrons. The van der Waals surface area contributed by atoms with Crippen molar-refractivity contribution in [2.24, 2.45) is 0 Å². The van der Waals surface area contributed by atoms with Gasteiger partial charge < -0.3 is 20.3 Å². The number of halogens is 6. The number of pyridine rings is 2. The summed E-state index contributed by atoms with van der Waals surface area (Å²) in [6.07, 6.45) is -2.04. The van der Waals surface area contributed by atoms with E-state index in [0.29, 0.717) is 17.5 Å². The summed E-state index contributed by atoms with van der Waals surface area (Å²) in [6, 6.07) is 1.06. The molecule has 6 rings (SSSR count). The molecule has 2 aliphatic rings. The van der Waals surface area contributed by atoms with Gasteiger partial charge in [-0.05, 0) is 31.1 Å². The molecule has 3 aromatic heterocycles. The van der Waals surface area contributed by atoms with Gasteiger partial charge in [0, 0.05) is 31.4 Å². The molecule has 4 aromatic rings. The van der Waals surface area contributed by atoms with Gasteiger partial charge in [0.05, 0.1) is 51.1 Å². The Kier molecular flexibility index (Phi) is 8.86. The monoisotopic (exact) mass is 721 g/mol. The number of carbonyl (C=O) groups is 1. The summed E-state index contributed by atoms with van der Waals surface area (Å²) in [5.74, 6) is -2.07. The fourth-order valence-electron chi connectivity index (χ4n) is 6.55. The lowest BCUT2D eigenvalue weighted by Gasteiger charge is -2.42. The van der Waals surface area contributed by atoms with Crippen LogP contribution in [0.5, 0.6) is 5.75 Å². The van der Waals surface area contributed by atoms with E-state index in [1.165, 1.54) is 11.2 Å². The molecule has 0 bridgehead atoms. The van der Waals surface area contributed by atoms with Crippen molar-refractivity contribution < 1.29 is 27.1 Å². The van der Waals surface area contributed by atoms with Gasteiger partial charge in [0.1, 0.15) is 23.2 Å². The number of aromatic nitrogens is 4. The van der Waals surface area contributed by atoms with Crippen LogP contribution in [0.15, 0.2) is 40.7 Å². The quantitative estimate of drug-likeness (QED) is 0.131. The molecule has 1 fully saturated rings. The second kappa shape index (κ2) is 12.7. The first kappa shape index (κ1) is 34.2. The van der Waals surface area contributed by atoms with Crippen LogP contribution < -0.4 is 26.5 Å². The van der Waals surface area contributed by atoms with Crippen molar-refractivity contribution in [1.82, 2.24) is 24.0 Å². The number of alkyl halides is 3. The van der Waals surface area contributed by atoms with Crippen molar-refractivity contribution >= 4 is 51.4 Å². The number of nitrogens with zero attached hydrogens (tertiary/aromatic N) is 6. The number of carbonyl (C=O) groups excluding carboxylic acids is 1. The standard InChI is InChI=1S/C32H29Cl2F4N7O4/c1-4-19-27(20(5-2)41-14-40-19)45-26-16(25-29(31(45)48)49-10-7-15-13-42(22(46)6-3)8-9-43(15)25)11-21(32(36,37)38)44(30(26)47)28-23(35)17(33)12-18(34)24(28)39/h6,11-12,14-15H,3-5,7-10,13,39H2,1-2H3/t15-/m0/s1. The number of hydrogen-bond donors (Lipinski definition) is 1. The first-order valence-corrected chi connectivity index (χ1v) is 16.0. The molecule has 1 aromatic carbocycles. The third kappa shape index (κ3) is 5.48. The Morgan fingerprint density at radius 1 is 1.04 bits per heavy atom. The SMILES string of the molecule is C=CC(=O)N1CCN2c3c(c(=O)n(-c4c(CC)ncnc4CC)c4c(=O)n(-c5c(N)c(Cl)cc(Cl)c5F)c(C(F)(F)F)cc34)OCC[C@H]2C1. The van der Waals surface area contributed by atoms with E-state index in [9.17, 15) is 14.4 Å². The van der Waals surface area contributed by atoms with Crippen LogP contribution in [0.4, 0.5) is 28.9 Å². The Balaban J connectivity index is 1.85. The fourth-order valence-corrected chi connectivity index (χ4v) is 7.01. The first-order valence-electron chi connectivity index (χ1n) is 15.3. The number of amides is 1. The van der Waals surface area contributed by atoms with Gasteiger partial charge >= 0.3 is 6.18 Å². The highest BCUT2D eigenvalue weighted by atomic mass is 35.5. The average Bonchev–Trinajstić information content (AvgIpc) is 3.27. The Hall–Kier alpha value is -4.63. The molecule has 2 aliphatic heterocycles. The number of fused-ring (bicyclic) bond motifs is 5. The smallest absolute Gasteiger partial charge is 0.431 e. The maximum atomic E-state index is 15.7. The molecule has 11 nitrogen and oxygen atoms in total. The molecule has 1 amide bonds. The summed E-state index contributed by atoms with van der Waals surface area (Å²) in [6.45, 7) is 7.38. The number of benzene rings is 1. The van der Waals surface area contributed by atoms with Crippen LogP contribution in [0.3, 0.4) is 0 Å². The highest BCUT2D eigenvalue weighted by Gasteiger charge is 2.41. The van der Waals surface area contributed by atoms with Crippen LogP contribution in [0.25, 0.3) is 22.3 Å². The molecule has 0 spiro atoms. The van der Waals surface area contributed by atoms with Gasteiger partial charge in [-0.2, -0.15) is 13.2 Å². The van der Waals surface area contributed by atoms with Crippen molar-refractivity contribution in [2.45, 2.75) is 45.3 Å². The van der Waals surface area contributed by atoms with Crippen LogP contribution in [-0.4, -0.2) is 62.2 Å². The van der Waals surface area contributed by atoms with Crippen molar-refractivity contribution in [2.75, 3.05) is 36.9 Å². The maximum absolute atomic E-state index is 15.7. The fraction of sp³-hybridized carbons (Fsp3) is 0.344. The summed E-state index contributed by atoms with van der Waals surface area (Å²) in [7, 11) is 0. The zero-order chi connectivity index (χ0) is 35.5. The number of nitrogens with two attached hydrogens (primary N) is 1. The summed E-state index contributed by atoms with van der Waals surface area (Å²) in [5, 5.41) is -1.39. The van der Waals surface area contributed by atoms with Gasteiger partial charge in [-0.3, -0.25) is 23.5 Å². The molecule has 1 saturated heterocycles. The summed E-state index contributed by atoms with van der Waals surface area (Å²) in [5.41, 5.74) is 0.507. The molecule has 49 heavy (non-hydrogen) atoms. The summed E-state index contributed by atoms with van der Waals surface area (Å²) in [4.78, 5) is 53.8. The summed E-state index contributed by atoms with van der Waals surface area (Å²) >= 11 is 12.1. The summed E-state index contributed by atoms with van der Waals surface area (Å²) < 4.78 is 68.0. The third-order valence-electron chi connectivity index (χ3n) is 8.79. The molecule has 17 heteroatoms. The van der Waals surface area contributed by atoms with Crippen molar-refractivity contribution in [1.29, 1.82) is 0 Å². The molecule has 0 radical (unpaired) electrons. The normalized spacial score (nSPS) is 16.2. The van der Waals surface area contributed by atoms with Gasteiger partial charge in [-0.15, -0.1) is 0 Å². The average molecular weight is 723 g/mol. The van der Waals surface area contributed by atoms with Crippen molar-refractivity contribution in [3.05, 3.63) is 84.8 Å². The predicted molar refractivity (Wildman–Crippen MR) is 177 cm³/mol. The van der Waals surface area contributed by atoms with Crippen LogP contribution in [0.1, 0.15) is 37.4 Å². The Labute approximate surface area is 286 Å². The van der Waals surface area contributed by atoms with E-state index in [1.54, 1.807) is 18.7 Å². The minimum absolute atomic E-state index is 0.0243. The topological polar surface area (TPSA) is 129 Å². The zero-order valence-corrected chi connectivity index (χ0v) is 27.7. The predicted octanol–water partition coefficient (Wildman–Crippen LogP) is 5.09. The minimum atomic E-state index is -5.27. The molecule has 2 N–H and O–H groups in total. The largest absolute Gasteiger partial charge is 0.486 e. The van der Waals surface area contributed by atoms with Crippen LogP contribution in [0, 0.1) is 5.82 Å². The minimum Gasteiger partial charge on any atom is -0.486 e. The molecular formula is C32H29Cl2F4N7O4. The molecule has 0 aliphatic carbocycles. The lowest BCUT2D eigenvalue weighted by atomic mass is 10.0. The number of rotatable bonds is 5. The van der Waals surface area contributed by atoms with Crippen molar-refractivity contribution in [3.8, 4) is 17.1 Å². The van der Waals surface area contributed by atoms with E-state index in [0.717, 1.165) is 16.7 Å². The number of ether oxygens (including phenoxy) is 1. The molecule has 1 atom stereocenters. The van der Waals surface area contributed by atoms with Gasteiger partial charge in [-0.1, -0.05) is 43.6 Å². The number of hydrogen-bond acceptors (Lipinski definition) is 8. The Morgan fingerprint density at radius 2 is 1.71 bits per heavy atom. The van der Waals surface area contributed by atoms with E-state index in [-0.39, 0.29) is 78.5 Å². The Bertz CT molecular complexity index is 2120. The van der Waals surface area contributed by atoms with E-state index in [2.05, 4.69) is 16.5 Å². The van der Waals surface area contributed by atoms with E-state index >= 15 is 17.6 Å². The van der Waals surface area contributed by atoms with E-state index in [4.69, 9.17) is 33.7 Å². The van der Waals surface area contributed by atoms with Crippen LogP contribution in [-0.2, 0) is 23.8 Å². The first-order chi connectivity index (χ1) is 23.2. The van der Waals surface area contributed by atoms with E-state index < -0.39 is 61.8 Å². The van der Waals surface area contributed by atoms with Crippen LogP contribution in [0.2, 0.25) is 10.0 Å². The lowest BCUT2D eigenvalue weighted by Crippen LogP contribution is -2.54. The maximum Gasteiger partial charge on any atom is 0.431 e. The second-order valence-electron chi connectivity index (χ2n) is 11.5. The van der Waals surface area contributed by atoms with Gasteiger partial charge in [0.15, 0.2) is 5.82 Å². The second-order valence-corrected chi connectivity index (χ2v) is 12.3. The molecule has 5 heterocycles. The molecule has 0 saturated carbocycles. The van der Waals surface area contributed by atoms with Crippen LogP contribution >= 0.6 is 23.2 Å². The van der Waals surface area contributed by atoms with Gasteiger partial charge in [0.25, 0.3) is 11.1 Å². The highest BCUT2D eigenvalue weighted by molar-refractivity contribution is 6.37. The zero-order valence-electron chi connectivity index (χ0n) is 26.2. The molecule has 0 unspecified atom stereocenters. The number of nitrogen functional groups attached to an aromatic ring is 1.